The lowest BCUT2D eigenvalue weighted by atomic mass is 9.92. The number of halogens is 1. The molecule has 0 aromatic heterocycles. The molecule has 10 heteroatoms. The zero-order valence-corrected chi connectivity index (χ0v) is 18.1. The number of urea groups is 1. The van der Waals surface area contributed by atoms with Crippen LogP contribution in [-0.4, -0.2) is 55.3 Å². The lowest BCUT2D eigenvalue weighted by Gasteiger charge is -2.30. The molecule has 0 spiro atoms. The monoisotopic (exact) mass is 459 g/mol. The van der Waals surface area contributed by atoms with Crippen LogP contribution in [0.5, 0.6) is 0 Å². The highest BCUT2D eigenvalue weighted by Gasteiger charge is 2.50. The minimum atomic E-state index is -3.27. The van der Waals surface area contributed by atoms with Crippen LogP contribution >= 0.6 is 0 Å². The number of carbonyl (C=O) groups is 3. The molecule has 8 nitrogen and oxygen atoms in total. The molecule has 2 fully saturated rings. The van der Waals surface area contributed by atoms with Crippen molar-refractivity contribution in [2.75, 3.05) is 23.0 Å². The van der Waals surface area contributed by atoms with Crippen molar-refractivity contribution in [2.24, 2.45) is 0 Å². The van der Waals surface area contributed by atoms with Gasteiger partial charge in [0.1, 0.15) is 17.9 Å². The van der Waals surface area contributed by atoms with Crippen LogP contribution in [0.4, 0.5) is 14.9 Å². The van der Waals surface area contributed by atoms with Crippen LogP contribution < -0.4 is 10.2 Å². The highest BCUT2D eigenvalue weighted by molar-refractivity contribution is 7.91. The maximum absolute atomic E-state index is 13.3. The molecular formula is C22H22FN3O5S. The molecule has 2 aromatic carbocycles. The Bertz CT molecular complexity index is 1170. The Labute approximate surface area is 184 Å². The number of amides is 4. The summed E-state index contributed by atoms with van der Waals surface area (Å²) in [6.07, 6.45) is 0.274. The standard InChI is InChI=1S/C22H22FN3O5S/c1-22(15-7-9-16(23)10-8-15)20(28)25(21(29)24-22)13-19(27)26(17-5-3-2-4-6-17)18-11-12-32(30,31)14-18/h2-10,18H,11-14H2,1H3,(H,24,29)/t18-,22+/m0/s1. The van der Waals surface area contributed by atoms with Gasteiger partial charge < -0.3 is 10.2 Å². The van der Waals surface area contributed by atoms with Gasteiger partial charge in [-0.2, -0.15) is 0 Å². The van der Waals surface area contributed by atoms with Gasteiger partial charge >= 0.3 is 6.03 Å². The fourth-order valence-corrected chi connectivity index (χ4v) is 5.86. The van der Waals surface area contributed by atoms with Crippen LogP contribution in [0, 0.1) is 5.82 Å². The summed E-state index contributed by atoms with van der Waals surface area (Å²) in [6, 6.07) is 12.4. The summed E-state index contributed by atoms with van der Waals surface area (Å²) in [4.78, 5) is 41.2. The van der Waals surface area contributed by atoms with E-state index in [1.165, 1.54) is 36.1 Å². The summed E-state index contributed by atoms with van der Waals surface area (Å²) in [6.45, 7) is 0.941. The zero-order chi connectivity index (χ0) is 23.1. The number of hydrogen-bond donors (Lipinski definition) is 1. The van der Waals surface area contributed by atoms with E-state index in [1.807, 2.05) is 0 Å². The van der Waals surface area contributed by atoms with Gasteiger partial charge in [-0.05, 0) is 43.2 Å². The van der Waals surface area contributed by atoms with Crippen LogP contribution in [0.1, 0.15) is 18.9 Å². The summed E-state index contributed by atoms with van der Waals surface area (Å²) < 4.78 is 37.3. The van der Waals surface area contributed by atoms with Gasteiger partial charge in [0.15, 0.2) is 9.84 Å². The third-order valence-corrected chi connectivity index (χ3v) is 7.62. The lowest BCUT2D eigenvalue weighted by molar-refractivity contribution is -0.134. The van der Waals surface area contributed by atoms with E-state index < -0.39 is 51.6 Å². The van der Waals surface area contributed by atoms with E-state index in [4.69, 9.17) is 0 Å². The number of imide groups is 1. The summed E-state index contributed by atoms with van der Waals surface area (Å²) in [7, 11) is -3.27. The van der Waals surface area contributed by atoms with Crippen molar-refractivity contribution in [3.05, 3.63) is 66.0 Å². The van der Waals surface area contributed by atoms with Gasteiger partial charge in [0.25, 0.3) is 5.91 Å². The Hall–Kier alpha value is -3.27. The molecule has 0 aliphatic carbocycles. The van der Waals surface area contributed by atoms with Crippen molar-refractivity contribution in [2.45, 2.75) is 24.9 Å². The number of hydrogen-bond acceptors (Lipinski definition) is 5. The second-order valence-electron chi connectivity index (χ2n) is 8.11. The normalized spacial score (nSPS) is 24.4. The third-order valence-electron chi connectivity index (χ3n) is 5.87. The number of anilines is 1. The van der Waals surface area contributed by atoms with E-state index in [2.05, 4.69) is 5.32 Å². The molecule has 2 aliphatic heterocycles. The SMILES string of the molecule is C[C@]1(c2ccc(F)cc2)NC(=O)N(CC(=O)N(c2ccccc2)[C@H]2CCS(=O)(=O)C2)C1=O. The Balaban J connectivity index is 1.60. The zero-order valence-electron chi connectivity index (χ0n) is 17.3. The van der Waals surface area contributed by atoms with Gasteiger partial charge in [0.05, 0.1) is 17.5 Å². The molecule has 2 saturated heterocycles. The molecule has 0 saturated carbocycles. The predicted octanol–water partition coefficient (Wildman–Crippen LogP) is 1.81. The molecule has 2 aliphatic rings. The van der Waals surface area contributed by atoms with Gasteiger partial charge in [0, 0.05) is 5.69 Å². The molecule has 2 atom stereocenters. The van der Waals surface area contributed by atoms with Crippen LogP contribution in [0.3, 0.4) is 0 Å². The Morgan fingerprint density at radius 1 is 1.16 bits per heavy atom. The Morgan fingerprint density at radius 3 is 2.41 bits per heavy atom. The molecule has 2 aromatic rings. The third kappa shape index (κ3) is 3.97. The van der Waals surface area contributed by atoms with Crippen molar-refractivity contribution in [1.29, 1.82) is 0 Å². The van der Waals surface area contributed by atoms with E-state index >= 15 is 0 Å². The minimum Gasteiger partial charge on any atom is -0.319 e. The fraction of sp³-hybridized carbons (Fsp3) is 0.318. The van der Waals surface area contributed by atoms with Gasteiger partial charge in [-0.1, -0.05) is 30.3 Å². The number of nitrogens with one attached hydrogen (secondary N) is 1. The average Bonchev–Trinajstić information content (AvgIpc) is 3.21. The van der Waals surface area contributed by atoms with Crippen molar-refractivity contribution < 1.29 is 27.2 Å². The van der Waals surface area contributed by atoms with Crippen molar-refractivity contribution in [3.63, 3.8) is 0 Å². The largest absolute Gasteiger partial charge is 0.325 e. The summed E-state index contributed by atoms with van der Waals surface area (Å²) >= 11 is 0. The van der Waals surface area contributed by atoms with E-state index in [0.29, 0.717) is 11.3 Å². The van der Waals surface area contributed by atoms with Gasteiger partial charge in [-0.15, -0.1) is 0 Å². The van der Waals surface area contributed by atoms with Crippen molar-refractivity contribution in [3.8, 4) is 0 Å². The van der Waals surface area contributed by atoms with E-state index in [1.54, 1.807) is 30.3 Å². The second-order valence-corrected chi connectivity index (χ2v) is 10.3. The molecular weight excluding hydrogens is 437 g/mol. The van der Waals surface area contributed by atoms with Gasteiger partial charge in [-0.3, -0.25) is 14.5 Å². The predicted molar refractivity (Wildman–Crippen MR) is 115 cm³/mol. The van der Waals surface area contributed by atoms with E-state index in [9.17, 15) is 27.2 Å². The van der Waals surface area contributed by atoms with Crippen LogP contribution in [0.15, 0.2) is 54.6 Å². The first kappa shape index (κ1) is 21.9. The molecule has 1 N–H and O–H groups in total. The molecule has 0 unspecified atom stereocenters. The Kier molecular flexibility index (Phi) is 5.49. The number of sulfone groups is 1. The summed E-state index contributed by atoms with van der Waals surface area (Å²) in [5, 5.41) is 2.58. The molecule has 4 rings (SSSR count). The number of rotatable bonds is 5. The van der Waals surface area contributed by atoms with Crippen LogP contribution in [0.25, 0.3) is 0 Å². The van der Waals surface area contributed by atoms with Crippen molar-refractivity contribution in [1.82, 2.24) is 10.2 Å². The fourth-order valence-electron chi connectivity index (χ4n) is 4.16. The number of para-hydroxylation sites is 1. The number of benzene rings is 2. The maximum atomic E-state index is 13.3. The molecule has 0 radical (unpaired) electrons. The minimum absolute atomic E-state index is 0.0277. The summed E-state index contributed by atoms with van der Waals surface area (Å²) in [5.41, 5.74) is -0.568. The van der Waals surface area contributed by atoms with Gasteiger partial charge in [0.2, 0.25) is 5.91 Å². The average molecular weight is 459 g/mol. The lowest BCUT2D eigenvalue weighted by Crippen LogP contribution is -2.48. The van der Waals surface area contributed by atoms with Gasteiger partial charge in [-0.25, -0.2) is 17.6 Å². The smallest absolute Gasteiger partial charge is 0.319 e. The van der Waals surface area contributed by atoms with E-state index in [-0.39, 0.29) is 17.9 Å². The first-order chi connectivity index (χ1) is 15.1. The quantitative estimate of drug-likeness (QED) is 0.687. The number of carbonyl (C=O) groups excluding carboxylic acids is 3. The molecule has 168 valence electrons. The Morgan fingerprint density at radius 2 is 1.81 bits per heavy atom. The first-order valence-corrected chi connectivity index (χ1v) is 11.9. The summed E-state index contributed by atoms with van der Waals surface area (Å²) in [5.74, 6) is -1.90. The highest BCUT2D eigenvalue weighted by Crippen LogP contribution is 2.30. The highest BCUT2D eigenvalue weighted by atomic mass is 32.2. The molecule has 0 bridgehead atoms. The second kappa shape index (κ2) is 8.01. The maximum Gasteiger partial charge on any atom is 0.325 e. The van der Waals surface area contributed by atoms with Crippen molar-refractivity contribution >= 4 is 33.4 Å². The van der Waals surface area contributed by atoms with Crippen LogP contribution in [-0.2, 0) is 25.0 Å². The first-order valence-electron chi connectivity index (χ1n) is 10.1. The topological polar surface area (TPSA) is 104 Å². The van der Waals surface area contributed by atoms with E-state index in [0.717, 1.165) is 4.90 Å². The van der Waals surface area contributed by atoms with Crippen LogP contribution in [0.2, 0.25) is 0 Å². The molecule has 2 heterocycles. The molecule has 4 amide bonds. The molecule has 32 heavy (non-hydrogen) atoms. The number of nitrogens with zero attached hydrogens (tertiary/aromatic N) is 2.